The van der Waals surface area contributed by atoms with Gasteiger partial charge < -0.3 is 0 Å². The molecule has 1 aliphatic rings. The molecule has 0 amide bonds. The van der Waals surface area contributed by atoms with Crippen molar-refractivity contribution in [3.63, 3.8) is 0 Å². The van der Waals surface area contributed by atoms with E-state index >= 15 is 0 Å². The summed E-state index contributed by atoms with van der Waals surface area (Å²) in [6.45, 7) is 2.24. The Kier molecular flexibility index (Phi) is 6.41. The summed E-state index contributed by atoms with van der Waals surface area (Å²) in [5, 5.41) is 0. The van der Waals surface area contributed by atoms with E-state index in [1.807, 2.05) is 12.1 Å². The van der Waals surface area contributed by atoms with E-state index in [9.17, 15) is 8.78 Å². The lowest BCUT2D eigenvalue weighted by Crippen LogP contribution is -2.13. The summed E-state index contributed by atoms with van der Waals surface area (Å²) >= 11 is 0. The fourth-order valence-electron chi connectivity index (χ4n) is 3.43. The van der Waals surface area contributed by atoms with Gasteiger partial charge in [0.2, 0.25) is 0 Å². The Morgan fingerprint density at radius 1 is 1.19 bits per heavy atom. The highest BCUT2D eigenvalue weighted by Crippen LogP contribution is 2.38. The van der Waals surface area contributed by atoms with Gasteiger partial charge in [0.1, 0.15) is 5.82 Å². The fraction of sp³-hybridized carbons (Fsp3) is 0.579. The van der Waals surface area contributed by atoms with Gasteiger partial charge >= 0.3 is 0 Å². The number of rotatable bonds is 6. The molecule has 0 N–H and O–H groups in total. The topological polar surface area (TPSA) is 0 Å². The van der Waals surface area contributed by atoms with Crippen LogP contribution in [0.2, 0.25) is 0 Å². The molecule has 0 aromatic heterocycles. The number of benzene rings is 1. The number of allylic oxidation sites excluding steroid dienone is 1. The molecule has 0 heterocycles. The lowest BCUT2D eigenvalue weighted by Gasteiger charge is -2.29. The highest BCUT2D eigenvalue weighted by Gasteiger charge is 2.22. The molecule has 0 atom stereocenters. The summed E-state index contributed by atoms with van der Waals surface area (Å²) in [7, 11) is 0. The molecule has 1 saturated carbocycles. The Balaban J connectivity index is 1.92. The van der Waals surface area contributed by atoms with Crippen LogP contribution >= 0.6 is 0 Å². The molecule has 0 bridgehead atoms. The van der Waals surface area contributed by atoms with Crippen molar-refractivity contribution in [3.05, 3.63) is 47.5 Å². The zero-order valence-corrected chi connectivity index (χ0v) is 13.0. The summed E-state index contributed by atoms with van der Waals surface area (Å²) in [5.74, 6) is 1.18. The maximum atomic E-state index is 14.0. The molecular weight excluding hydrogens is 266 g/mol. The second kappa shape index (κ2) is 8.31. The van der Waals surface area contributed by atoms with Crippen molar-refractivity contribution in [1.29, 1.82) is 0 Å². The SMILES string of the molecule is CCCCC1CCC(c2ccc(CC=CF)c(F)c2)CC1. The third-order valence-corrected chi connectivity index (χ3v) is 4.79. The van der Waals surface area contributed by atoms with Gasteiger partial charge in [-0.2, -0.15) is 0 Å². The van der Waals surface area contributed by atoms with E-state index in [0.717, 1.165) is 11.5 Å². The lowest BCUT2D eigenvalue weighted by atomic mass is 9.77. The molecule has 0 unspecified atom stereocenters. The molecule has 1 aromatic carbocycles. The molecule has 0 aliphatic heterocycles. The van der Waals surface area contributed by atoms with Gasteiger partial charge in [-0.3, -0.25) is 0 Å². The second-order valence-electron chi connectivity index (χ2n) is 6.28. The Morgan fingerprint density at radius 2 is 1.95 bits per heavy atom. The zero-order valence-electron chi connectivity index (χ0n) is 13.0. The Hall–Kier alpha value is -1.18. The monoisotopic (exact) mass is 292 g/mol. The molecule has 116 valence electrons. The molecule has 2 heteroatoms. The Labute approximate surface area is 127 Å². The maximum absolute atomic E-state index is 14.0. The number of halogens is 2. The van der Waals surface area contributed by atoms with Crippen LogP contribution in [-0.4, -0.2) is 0 Å². The standard InChI is InChI=1S/C19H26F2/c1-2-3-5-15-7-9-16(10-8-15)18-12-11-17(6-4-13-20)19(21)14-18/h4,11-16H,2-3,5-10H2,1H3. The molecular formula is C19H26F2. The van der Waals surface area contributed by atoms with E-state index < -0.39 is 0 Å². The van der Waals surface area contributed by atoms with Gasteiger partial charge in [-0.05, 0) is 61.1 Å². The van der Waals surface area contributed by atoms with Gasteiger partial charge in [-0.15, -0.1) is 0 Å². The van der Waals surface area contributed by atoms with Crippen molar-refractivity contribution in [1.82, 2.24) is 0 Å². The van der Waals surface area contributed by atoms with Crippen molar-refractivity contribution in [2.75, 3.05) is 0 Å². The predicted molar refractivity (Wildman–Crippen MR) is 84.6 cm³/mol. The normalized spacial score (nSPS) is 22.8. The molecule has 1 aromatic rings. The van der Waals surface area contributed by atoms with Gasteiger partial charge in [0.05, 0.1) is 6.33 Å². The third-order valence-electron chi connectivity index (χ3n) is 4.79. The molecule has 21 heavy (non-hydrogen) atoms. The Morgan fingerprint density at radius 3 is 2.57 bits per heavy atom. The number of unbranched alkanes of at least 4 members (excludes halogenated alkanes) is 1. The largest absolute Gasteiger partial charge is 0.216 e. The first-order valence-corrected chi connectivity index (χ1v) is 8.28. The summed E-state index contributed by atoms with van der Waals surface area (Å²) in [4.78, 5) is 0. The van der Waals surface area contributed by atoms with Gasteiger partial charge in [-0.25, -0.2) is 8.78 Å². The third kappa shape index (κ3) is 4.66. The van der Waals surface area contributed by atoms with Crippen LogP contribution in [0.3, 0.4) is 0 Å². The maximum Gasteiger partial charge on any atom is 0.126 e. The van der Waals surface area contributed by atoms with Crippen LogP contribution in [0, 0.1) is 11.7 Å². The van der Waals surface area contributed by atoms with Crippen molar-refractivity contribution in [2.45, 2.75) is 64.2 Å². The summed E-state index contributed by atoms with van der Waals surface area (Å²) in [6.07, 6.45) is 11.0. The highest BCUT2D eigenvalue weighted by molar-refractivity contribution is 5.28. The quantitative estimate of drug-likeness (QED) is 0.576. The van der Waals surface area contributed by atoms with Crippen molar-refractivity contribution < 1.29 is 8.78 Å². The van der Waals surface area contributed by atoms with Crippen LogP contribution in [0.15, 0.2) is 30.6 Å². The summed E-state index contributed by atoms with van der Waals surface area (Å²) < 4.78 is 26.0. The van der Waals surface area contributed by atoms with Crippen LogP contribution < -0.4 is 0 Å². The zero-order chi connectivity index (χ0) is 15.1. The highest BCUT2D eigenvalue weighted by atomic mass is 19.1. The smallest absolute Gasteiger partial charge is 0.126 e. The van der Waals surface area contributed by atoms with E-state index in [1.54, 1.807) is 6.07 Å². The minimum Gasteiger partial charge on any atom is -0.216 e. The van der Waals surface area contributed by atoms with Gasteiger partial charge in [0.25, 0.3) is 0 Å². The number of hydrogen-bond acceptors (Lipinski definition) is 0. The molecule has 1 fully saturated rings. The van der Waals surface area contributed by atoms with Crippen molar-refractivity contribution in [3.8, 4) is 0 Å². The van der Waals surface area contributed by atoms with Gasteiger partial charge in [0.15, 0.2) is 0 Å². The average Bonchev–Trinajstić information content (AvgIpc) is 2.52. The van der Waals surface area contributed by atoms with Crippen LogP contribution in [0.1, 0.15) is 68.9 Å². The molecule has 0 saturated heterocycles. The first-order chi connectivity index (χ1) is 10.2. The van der Waals surface area contributed by atoms with E-state index in [-0.39, 0.29) is 5.82 Å². The first-order valence-electron chi connectivity index (χ1n) is 8.28. The predicted octanol–water partition coefficient (Wildman–Crippen LogP) is 6.32. The van der Waals surface area contributed by atoms with Gasteiger partial charge in [-0.1, -0.05) is 44.4 Å². The molecule has 1 aliphatic carbocycles. The van der Waals surface area contributed by atoms with Crippen molar-refractivity contribution in [2.24, 2.45) is 5.92 Å². The first kappa shape index (κ1) is 16.2. The molecule has 0 spiro atoms. The fourth-order valence-corrected chi connectivity index (χ4v) is 3.43. The van der Waals surface area contributed by atoms with Crippen molar-refractivity contribution >= 4 is 0 Å². The van der Waals surface area contributed by atoms with E-state index in [0.29, 0.717) is 24.2 Å². The van der Waals surface area contributed by atoms with Crippen LogP contribution in [0.4, 0.5) is 8.78 Å². The van der Waals surface area contributed by atoms with Crippen LogP contribution in [-0.2, 0) is 6.42 Å². The van der Waals surface area contributed by atoms with Gasteiger partial charge in [0, 0.05) is 0 Å². The molecule has 2 rings (SSSR count). The minimum atomic E-state index is -0.196. The van der Waals surface area contributed by atoms with Crippen LogP contribution in [0.25, 0.3) is 0 Å². The second-order valence-corrected chi connectivity index (χ2v) is 6.28. The summed E-state index contributed by atoms with van der Waals surface area (Å²) in [6, 6.07) is 5.51. The van der Waals surface area contributed by atoms with E-state index in [4.69, 9.17) is 0 Å². The van der Waals surface area contributed by atoms with E-state index in [2.05, 4.69) is 6.92 Å². The van der Waals surface area contributed by atoms with E-state index in [1.165, 1.54) is 51.0 Å². The lowest BCUT2D eigenvalue weighted by molar-refractivity contribution is 0.304. The average molecular weight is 292 g/mol. The minimum absolute atomic E-state index is 0.196. The van der Waals surface area contributed by atoms with Crippen LogP contribution in [0.5, 0.6) is 0 Å². The molecule has 0 nitrogen and oxygen atoms in total. The molecule has 0 radical (unpaired) electrons. The Bertz CT molecular complexity index is 457. The summed E-state index contributed by atoms with van der Waals surface area (Å²) in [5.41, 5.74) is 1.69. The number of hydrogen-bond donors (Lipinski definition) is 0.